The Morgan fingerprint density at radius 1 is 1.04 bits per heavy atom. The number of esters is 1. The minimum atomic E-state index is -0.291. The van der Waals surface area contributed by atoms with Crippen LogP contribution < -0.4 is 9.78 Å². The summed E-state index contributed by atoms with van der Waals surface area (Å²) in [5.41, 5.74) is 1.18. The second kappa shape index (κ2) is 10.4. The predicted octanol–water partition coefficient (Wildman–Crippen LogP) is 3.50. The van der Waals surface area contributed by atoms with E-state index in [1.807, 2.05) is 31.2 Å². The van der Waals surface area contributed by atoms with Gasteiger partial charge in [-0.05, 0) is 0 Å². The van der Waals surface area contributed by atoms with Crippen LogP contribution in [0.4, 0.5) is 0 Å². The molecule has 0 radical (unpaired) electrons. The fourth-order valence-corrected chi connectivity index (χ4v) is 5.15. The van der Waals surface area contributed by atoms with Crippen molar-refractivity contribution in [1.82, 2.24) is 5.32 Å². The average Bonchev–Trinajstić information content (AvgIpc) is 2.66. The van der Waals surface area contributed by atoms with E-state index < -0.39 is 0 Å². The van der Waals surface area contributed by atoms with E-state index in [-0.39, 0.29) is 37.8 Å². The van der Waals surface area contributed by atoms with E-state index in [1.165, 1.54) is 10.0 Å². The summed E-state index contributed by atoms with van der Waals surface area (Å²) in [7, 11) is 0. The van der Waals surface area contributed by atoms with Crippen LogP contribution in [-0.4, -0.2) is 33.6 Å². The molecule has 0 bridgehead atoms. The van der Waals surface area contributed by atoms with Crippen LogP contribution >= 0.6 is 0 Å². The van der Waals surface area contributed by atoms with Crippen molar-refractivity contribution in [2.24, 2.45) is 0 Å². The topological polar surface area (TPSA) is 38.3 Å². The number of rotatable bonds is 9. The minimum absolute atomic E-state index is 0.0937. The van der Waals surface area contributed by atoms with Gasteiger partial charge in [-0.2, -0.15) is 0 Å². The first-order chi connectivity index (χ1) is 12.2. The fraction of sp³-hybridized carbons (Fsp3) is 0.381. The Hall–Kier alpha value is -1.61. The molecule has 0 heterocycles. The van der Waals surface area contributed by atoms with Gasteiger partial charge >= 0.3 is 157 Å². The Morgan fingerprint density at radius 3 is 2.20 bits per heavy atom. The first-order valence-corrected chi connectivity index (χ1v) is 10.7. The van der Waals surface area contributed by atoms with Gasteiger partial charge in [0.2, 0.25) is 0 Å². The summed E-state index contributed by atoms with van der Waals surface area (Å²) in [5, 5.41) is 3.53. The van der Waals surface area contributed by atoms with Crippen LogP contribution in [0.25, 0.3) is 0 Å². The van der Waals surface area contributed by atoms with Crippen LogP contribution in [0.1, 0.15) is 38.8 Å². The SMILES string of the molecule is CCOC(=O)C(N[C@@H](C)c1ccccc1)C(CC)[Se]c1ccccc1. The second-order valence-electron chi connectivity index (χ2n) is 5.91. The van der Waals surface area contributed by atoms with Crippen LogP contribution in [0.2, 0.25) is 4.82 Å². The predicted molar refractivity (Wildman–Crippen MR) is 104 cm³/mol. The molecule has 0 fully saturated rings. The Labute approximate surface area is 157 Å². The van der Waals surface area contributed by atoms with Gasteiger partial charge < -0.3 is 0 Å². The maximum absolute atomic E-state index is 12.6. The first-order valence-electron chi connectivity index (χ1n) is 8.85. The van der Waals surface area contributed by atoms with Gasteiger partial charge in [0.25, 0.3) is 0 Å². The molecule has 0 saturated carbocycles. The summed E-state index contributed by atoms with van der Waals surface area (Å²) < 4.78 is 6.68. The van der Waals surface area contributed by atoms with E-state index >= 15 is 0 Å². The summed E-state index contributed by atoms with van der Waals surface area (Å²) in [5.74, 6) is -0.144. The zero-order chi connectivity index (χ0) is 18.1. The number of hydrogen-bond donors (Lipinski definition) is 1. The van der Waals surface area contributed by atoms with E-state index in [0.717, 1.165) is 6.42 Å². The summed E-state index contributed by atoms with van der Waals surface area (Å²) in [6, 6.07) is 20.5. The van der Waals surface area contributed by atoms with Gasteiger partial charge in [0.15, 0.2) is 0 Å². The molecule has 0 aliphatic heterocycles. The van der Waals surface area contributed by atoms with Crippen molar-refractivity contribution in [3.63, 3.8) is 0 Å². The van der Waals surface area contributed by atoms with E-state index in [2.05, 4.69) is 55.6 Å². The Morgan fingerprint density at radius 2 is 1.64 bits per heavy atom. The van der Waals surface area contributed by atoms with Crippen molar-refractivity contribution in [3.05, 3.63) is 66.2 Å². The molecule has 0 spiro atoms. The number of benzene rings is 2. The molecule has 3 atom stereocenters. The molecule has 0 aromatic heterocycles. The second-order valence-corrected chi connectivity index (χ2v) is 8.66. The number of hydrogen-bond acceptors (Lipinski definition) is 3. The summed E-state index contributed by atoms with van der Waals surface area (Å²) in [4.78, 5) is 12.9. The van der Waals surface area contributed by atoms with Crippen molar-refractivity contribution < 1.29 is 9.53 Å². The Balaban J connectivity index is 2.16. The van der Waals surface area contributed by atoms with Gasteiger partial charge in [-0.25, -0.2) is 0 Å². The van der Waals surface area contributed by atoms with Gasteiger partial charge in [-0.3, -0.25) is 0 Å². The molecule has 0 amide bonds. The van der Waals surface area contributed by atoms with Gasteiger partial charge in [0, 0.05) is 0 Å². The van der Waals surface area contributed by atoms with E-state index in [1.54, 1.807) is 0 Å². The molecular formula is C21H27NO2Se. The van der Waals surface area contributed by atoms with Crippen molar-refractivity contribution in [2.45, 2.75) is 44.1 Å². The van der Waals surface area contributed by atoms with Gasteiger partial charge in [-0.15, -0.1) is 0 Å². The molecule has 2 rings (SSSR count). The number of nitrogens with one attached hydrogen (secondary N) is 1. The first kappa shape index (κ1) is 19.7. The van der Waals surface area contributed by atoms with Crippen LogP contribution in [0.15, 0.2) is 60.7 Å². The molecule has 25 heavy (non-hydrogen) atoms. The molecule has 4 heteroatoms. The van der Waals surface area contributed by atoms with Gasteiger partial charge in [0.1, 0.15) is 0 Å². The van der Waals surface area contributed by atoms with E-state index in [4.69, 9.17) is 4.74 Å². The van der Waals surface area contributed by atoms with E-state index in [9.17, 15) is 4.79 Å². The molecule has 0 saturated heterocycles. The van der Waals surface area contributed by atoms with Crippen LogP contribution in [0, 0.1) is 0 Å². The molecule has 0 aliphatic rings. The number of ether oxygens (including phenoxy) is 1. The molecule has 2 unspecified atom stereocenters. The molecule has 2 aromatic carbocycles. The number of carbonyl (C=O) groups is 1. The quantitative estimate of drug-likeness (QED) is 0.514. The third-order valence-electron chi connectivity index (χ3n) is 4.07. The van der Waals surface area contributed by atoms with Gasteiger partial charge in [0.05, 0.1) is 0 Å². The van der Waals surface area contributed by atoms with E-state index in [0.29, 0.717) is 6.61 Å². The molecular weight excluding hydrogens is 377 g/mol. The Kier molecular flexibility index (Phi) is 8.20. The van der Waals surface area contributed by atoms with Crippen molar-refractivity contribution in [2.75, 3.05) is 6.61 Å². The van der Waals surface area contributed by atoms with Gasteiger partial charge in [-0.1, -0.05) is 0 Å². The molecule has 134 valence electrons. The summed E-state index contributed by atoms with van der Waals surface area (Å²) in [6.45, 7) is 6.52. The van der Waals surface area contributed by atoms with Crippen molar-refractivity contribution >= 4 is 25.4 Å². The zero-order valence-electron chi connectivity index (χ0n) is 15.1. The van der Waals surface area contributed by atoms with Crippen LogP contribution in [0.3, 0.4) is 0 Å². The summed E-state index contributed by atoms with van der Waals surface area (Å²) >= 11 is 0.205. The molecule has 2 aromatic rings. The third kappa shape index (κ3) is 6.00. The standard InChI is InChI=1S/C21H27NO2Se/c1-4-19(25-18-14-10-7-11-15-18)20(21(23)24-5-2)22-16(3)17-12-8-6-9-13-17/h6-16,19-20,22H,4-5H2,1-3H3/t16-,19?,20?/m0/s1. The monoisotopic (exact) mass is 405 g/mol. The fourth-order valence-electron chi connectivity index (χ4n) is 2.73. The third-order valence-corrected chi connectivity index (χ3v) is 7.12. The zero-order valence-corrected chi connectivity index (χ0v) is 16.9. The van der Waals surface area contributed by atoms with Crippen molar-refractivity contribution in [3.8, 4) is 0 Å². The summed E-state index contributed by atoms with van der Waals surface area (Å²) in [6.07, 6.45) is 0.937. The average molecular weight is 404 g/mol. The normalized spacial score (nSPS) is 14.5. The number of carbonyl (C=O) groups excluding carboxylic acids is 1. The Bertz CT molecular complexity index is 633. The molecule has 1 N–H and O–H groups in total. The van der Waals surface area contributed by atoms with Crippen LogP contribution in [-0.2, 0) is 9.53 Å². The van der Waals surface area contributed by atoms with Crippen molar-refractivity contribution in [1.29, 1.82) is 0 Å². The molecule has 3 nitrogen and oxygen atoms in total. The maximum atomic E-state index is 12.6. The van der Waals surface area contributed by atoms with Crippen LogP contribution in [0.5, 0.6) is 0 Å². The molecule has 0 aliphatic carbocycles.